The minimum Gasteiger partial charge on any atom is -0.350 e. The number of nitrogens with one attached hydrogen (secondary N) is 1. The molecule has 7 heteroatoms. The number of rotatable bonds is 6. The van der Waals surface area contributed by atoms with Gasteiger partial charge in [-0.15, -0.1) is 21.5 Å². The van der Waals surface area contributed by atoms with E-state index in [1.165, 1.54) is 16.9 Å². The average molecular weight is 327 g/mol. The summed E-state index contributed by atoms with van der Waals surface area (Å²) in [6.07, 6.45) is 3.04. The van der Waals surface area contributed by atoms with Crippen LogP contribution in [0.25, 0.3) is 0 Å². The Morgan fingerprint density at radius 3 is 2.87 bits per heavy atom. The zero-order chi connectivity index (χ0) is 16.1. The van der Waals surface area contributed by atoms with Crippen LogP contribution in [-0.2, 0) is 19.9 Å². The number of carbonyl (C=O) groups is 1. The maximum atomic E-state index is 12.1. The zero-order valence-corrected chi connectivity index (χ0v) is 13.6. The molecule has 0 aliphatic heterocycles. The third-order valence-corrected chi connectivity index (χ3v) is 4.27. The molecule has 118 valence electrons. The van der Waals surface area contributed by atoms with Crippen molar-refractivity contribution >= 4 is 17.2 Å². The number of hydrogen-bond acceptors (Lipinski definition) is 5. The lowest BCUT2D eigenvalue weighted by atomic mass is 10.2. The fourth-order valence-corrected chi connectivity index (χ4v) is 2.99. The Morgan fingerprint density at radius 1 is 1.30 bits per heavy atom. The summed E-state index contributed by atoms with van der Waals surface area (Å²) in [6.45, 7) is 0.511. The minimum absolute atomic E-state index is 0.150. The molecule has 1 aromatic carbocycles. The minimum atomic E-state index is -0.150. The number of benzene rings is 1. The topological polar surface area (TPSA) is 72.7 Å². The second kappa shape index (κ2) is 7.15. The third-order valence-electron chi connectivity index (χ3n) is 3.42. The first-order chi connectivity index (χ1) is 11.2. The van der Waals surface area contributed by atoms with Crippen molar-refractivity contribution in [2.45, 2.75) is 12.8 Å². The molecule has 0 bridgehead atoms. The molecule has 0 aliphatic rings. The van der Waals surface area contributed by atoms with Crippen LogP contribution in [0.4, 0.5) is 0 Å². The lowest BCUT2D eigenvalue weighted by Gasteiger charge is -2.02. The van der Waals surface area contributed by atoms with Gasteiger partial charge in [0.2, 0.25) is 0 Å². The number of aromatic nitrogens is 4. The van der Waals surface area contributed by atoms with Crippen LogP contribution >= 0.6 is 11.3 Å². The van der Waals surface area contributed by atoms with Crippen molar-refractivity contribution in [1.82, 2.24) is 25.1 Å². The van der Waals surface area contributed by atoms with Gasteiger partial charge >= 0.3 is 0 Å². The van der Waals surface area contributed by atoms with Crippen LogP contribution in [-0.4, -0.2) is 32.2 Å². The van der Waals surface area contributed by atoms with Crippen LogP contribution in [0.5, 0.6) is 0 Å². The van der Waals surface area contributed by atoms with Crippen molar-refractivity contribution < 1.29 is 4.79 Å². The summed E-state index contributed by atoms with van der Waals surface area (Å²) in [5.41, 5.74) is 1.66. The zero-order valence-electron chi connectivity index (χ0n) is 12.8. The van der Waals surface area contributed by atoms with Crippen LogP contribution in [0.1, 0.15) is 26.9 Å². The second-order valence-corrected chi connectivity index (χ2v) is 6.10. The SMILES string of the molecule is Cn1cnnc1CCNC(=O)c1csc(Cc2ccccc2)n1. The smallest absolute Gasteiger partial charge is 0.270 e. The number of carbonyl (C=O) groups excluding carboxylic acids is 1. The number of amides is 1. The van der Waals surface area contributed by atoms with Gasteiger partial charge in [0.05, 0.1) is 5.01 Å². The molecule has 1 N–H and O–H groups in total. The Balaban J connectivity index is 1.53. The predicted molar refractivity (Wildman–Crippen MR) is 88.4 cm³/mol. The van der Waals surface area contributed by atoms with E-state index >= 15 is 0 Å². The average Bonchev–Trinajstić information content (AvgIpc) is 3.18. The first-order valence-electron chi connectivity index (χ1n) is 7.32. The van der Waals surface area contributed by atoms with E-state index in [-0.39, 0.29) is 5.91 Å². The maximum Gasteiger partial charge on any atom is 0.270 e. The highest BCUT2D eigenvalue weighted by Crippen LogP contribution is 2.14. The summed E-state index contributed by atoms with van der Waals surface area (Å²) in [7, 11) is 1.88. The van der Waals surface area contributed by atoms with Crippen molar-refractivity contribution in [2.75, 3.05) is 6.54 Å². The second-order valence-electron chi connectivity index (χ2n) is 5.15. The van der Waals surface area contributed by atoms with E-state index < -0.39 is 0 Å². The molecule has 3 aromatic rings. The van der Waals surface area contributed by atoms with Crippen LogP contribution in [0.3, 0.4) is 0 Å². The molecule has 23 heavy (non-hydrogen) atoms. The Labute approximate surface area is 138 Å². The highest BCUT2D eigenvalue weighted by atomic mass is 32.1. The maximum absolute atomic E-state index is 12.1. The lowest BCUT2D eigenvalue weighted by Crippen LogP contribution is -2.26. The summed E-state index contributed by atoms with van der Waals surface area (Å²) in [5.74, 6) is 0.691. The number of hydrogen-bond donors (Lipinski definition) is 1. The van der Waals surface area contributed by atoms with Gasteiger partial charge in [0.1, 0.15) is 17.8 Å². The van der Waals surface area contributed by atoms with Gasteiger partial charge in [0.25, 0.3) is 5.91 Å². The fraction of sp³-hybridized carbons (Fsp3) is 0.250. The van der Waals surface area contributed by atoms with E-state index in [1.54, 1.807) is 11.7 Å². The van der Waals surface area contributed by atoms with Crippen molar-refractivity contribution in [1.29, 1.82) is 0 Å². The molecule has 0 unspecified atom stereocenters. The molecule has 0 fully saturated rings. The largest absolute Gasteiger partial charge is 0.350 e. The van der Waals surface area contributed by atoms with Crippen molar-refractivity contribution in [3.63, 3.8) is 0 Å². The normalized spacial score (nSPS) is 10.7. The Bertz CT molecular complexity index is 781. The van der Waals surface area contributed by atoms with E-state index in [1.807, 2.05) is 29.8 Å². The fourth-order valence-electron chi connectivity index (χ4n) is 2.18. The third kappa shape index (κ3) is 4.01. The molecule has 6 nitrogen and oxygen atoms in total. The number of aryl methyl sites for hydroxylation is 1. The summed E-state index contributed by atoms with van der Waals surface area (Å²) >= 11 is 1.51. The summed E-state index contributed by atoms with van der Waals surface area (Å²) in [4.78, 5) is 16.5. The molecule has 0 atom stereocenters. The van der Waals surface area contributed by atoms with Crippen LogP contribution in [0.2, 0.25) is 0 Å². The van der Waals surface area contributed by atoms with Crippen molar-refractivity contribution in [2.24, 2.45) is 7.05 Å². The molecule has 0 aliphatic carbocycles. The van der Waals surface area contributed by atoms with Gasteiger partial charge < -0.3 is 9.88 Å². The van der Waals surface area contributed by atoms with Crippen LogP contribution in [0.15, 0.2) is 42.0 Å². The number of nitrogens with zero attached hydrogens (tertiary/aromatic N) is 4. The number of thiazole rings is 1. The van der Waals surface area contributed by atoms with Gasteiger partial charge in [0, 0.05) is 31.8 Å². The Kier molecular flexibility index (Phi) is 4.77. The first kappa shape index (κ1) is 15.4. The van der Waals surface area contributed by atoms with Gasteiger partial charge in [-0.3, -0.25) is 4.79 Å². The van der Waals surface area contributed by atoms with Gasteiger partial charge in [-0.25, -0.2) is 4.98 Å². The molecule has 0 saturated heterocycles. The van der Waals surface area contributed by atoms with Crippen molar-refractivity contribution in [3.05, 3.63) is 64.1 Å². The molecular formula is C16H17N5OS. The van der Waals surface area contributed by atoms with Gasteiger partial charge in [-0.05, 0) is 5.56 Å². The predicted octanol–water partition coefficient (Wildman–Crippen LogP) is 1.83. The molecular weight excluding hydrogens is 310 g/mol. The van der Waals surface area contributed by atoms with E-state index in [2.05, 4.69) is 32.6 Å². The molecule has 2 aromatic heterocycles. The van der Waals surface area contributed by atoms with Crippen molar-refractivity contribution in [3.8, 4) is 0 Å². The molecule has 3 rings (SSSR count). The van der Waals surface area contributed by atoms with Crippen LogP contribution in [0, 0.1) is 0 Å². The van der Waals surface area contributed by atoms with Gasteiger partial charge in [0.15, 0.2) is 0 Å². The van der Waals surface area contributed by atoms with E-state index in [9.17, 15) is 4.79 Å². The van der Waals surface area contributed by atoms with E-state index in [0.717, 1.165) is 17.3 Å². The summed E-state index contributed by atoms with van der Waals surface area (Å²) in [6, 6.07) is 10.1. The van der Waals surface area contributed by atoms with E-state index in [4.69, 9.17) is 0 Å². The molecule has 0 radical (unpaired) electrons. The standard InChI is InChI=1S/C16H17N5OS/c1-21-11-18-20-14(21)7-8-17-16(22)13-10-23-15(19-13)9-12-5-3-2-4-6-12/h2-6,10-11H,7-9H2,1H3,(H,17,22). The summed E-state index contributed by atoms with van der Waals surface area (Å²) in [5, 5.41) is 13.4. The Hall–Kier alpha value is -2.54. The molecule has 2 heterocycles. The molecule has 0 saturated carbocycles. The highest BCUT2D eigenvalue weighted by Gasteiger charge is 2.11. The van der Waals surface area contributed by atoms with E-state index in [0.29, 0.717) is 18.7 Å². The first-order valence-corrected chi connectivity index (χ1v) is 8.20. The highest BCUT2D eigenvalue weighted by molar-refractivity contribution is 7.09. The quantitative estimate of drug-likeness (QED) is 0.750. The van der Waals surface area contributed by atoms with Gasteiger partial charge in [-0.1, -0.05) is 30.3 Å². The molecule has 1 amide bonds. The Morgan fingerprint density at radius 2 is 2.13 bits per heavy atom. The lowest BCUT2D eigenvalue weighted by molar-refractivity contribution is 0.0949. The monoisotopic (exact) mass is 327 g/mol. The van der Waals surface area contributed by atoms with Crippen LogP contribution < -0.4 is 5.32 Å². The molecule has 0 spiro atoms. The van der Waals surface area contributed by atoms with Gasteiger partial charge in [-0.2, -0.15) is 0 Å². The summed E-state index contributed by atoms with van der Waals surface area (Å²) < 4.78 is 1.84.